The number of imidazole rings is 1. The highest BCUT2D eigenvalue weighted by Crippen LogP contribution is 2.08. The Balaban J connectivity index is 2.46. The first-order chi connectivity index (χ1) is 9.38. The Morgan fingerprint density at radius 3 is 2.80 bits per heavy atom. The number of anilines is 1. The molecule has 0 saturated carbocycles. The molecule has 0 aromatic carbocycles. The van der Waals surface area contributed by atoms with Crippen LogP contribution < -0.4 is 10.9 Å². The summed E-state index contributed by atoms with van der Waals surface area (Å²) < 4.78 is 1.22. The Morgan fingerprint density at radius 2 is 2.20 bits per heavy atom. The number of aromatic amines is 1. The maximum absolute atomic E-state index is 11.8. The minimum atomic E-state index is -1.08. The molecule has 0 atom stereocenters. The van der Waals surface area contributed by atoms with Gasteiger partial charge >= 0.3 is 5.97 Å². The van der Waals surface area contributed by atoms with E-state index in [0.717, 1.165) is 0 Å². The maximum atomic E-state index is 11.8. The van der Waals surface area contributed by atoms with E-state index in [2.05, 4.69) is 20.3 Å². The van der Waals surface area contributed by atoms with E-state index >= 15 is 0 Å². The molecule has 0 aliphatic rings. The van der Waals surface area contributed by atoms with Crippen molar-refractivity contribution in [3.8, 4) is 0 Å². The molecule has 3 N–H and O–H groups in total. The summed E-state index contributed by atoms with van der Waals surface area (Å²) in [4.78, 5) is 44.3. The lowest BCUT2D eigenvalue weighted by molar-refractivity contribution is -0.137. The summed E-state index contributed by atoms with van der Waals surface area (Å²) in [5.74, 6) is -1.70. The fourth-order valence-electron chi connectivity index (χ4n) is 1.54. The molecule has 1 amide bonds. The molecule has 0 bridgehead atoms. The summed E-state index contributed by atoms with van der Waals surface area (Å²) in [5, 5.41) is 11.2. The van der Waals surface area contributed by atoms with Crippen LogP contribution in [-0.4, -0.2) is 36.5 Å². The van der Waals surface area contributed by atoms with Gasteiger partial charge in [-0.25, -0.2) is 4.98 Å². The lowest BCUT2D eigenvalue weighted by Crippen LogP contribution is -2.22. The van der Waals surface area contributed by atoms with E-state index in [4.69, 9.17) is 5.11 Å². The van der Waals surface area contributed by atoms with Crippen molar-refractivity contribution < 1.29 is 14.7 Å². The van der Waals surface area contributed by atoms with Gasteiger partial charge in [0.1, 0.15) is 6.54 Å². The first-order valence-electron chi connectivity index (χ1n) is 5.86. The highest BCUT2D eigenvalue weighted by Gasteiger charge is 2.14. The Hall–Kier alpha value is -2.71. The molecule has 20 heavy (non-hydrogen) atoms. The Bertz CT molecular complexity index is 730. The van der Waals surface area contributed by atoms with Crippen LogP contribution in [0.5, 0.6) is 0 Å². The molecule has 2 rings (SSSR count). The fraction of sp³-hybridized carbons (Fsp3) is 0.364. The summed E-state index contributed by atoms with van der Waals surface area (Å²) in [6.07, 6.45) is 1.22. The van der Waals surface area contributed by atoms with Gasteiger partial charge in [0.25, 0.3) is 5.56 Å². The predicted molar refractivity (Wildman–Crippen MR) is 69.3 cm³/mol. The molecule has 2 aromatic heterocycles. The van der Waals surface area contributed by atoms with Crippen molar-refractivity contribution >= 4 is 29.0 Å². The standard InChI is InChI=1S/C11H13N5O4/c1-5(2)9(19)14-11-13-8-7(10(20)15-11)12-4-16(8)3-6(17)18/h4-5H,3H2,1-2H3,(H,17,18)(H2,13,14,15,19,20). The van der Waals surface area contributed by atoms with Crippen molar-refractivity contribution in [3.63, 3.8) is 0 Å². The van der Waals surface area contributed by atoms with Crippen LogP contribution in [0.4, 0.5) is 5.95 Å². The average molecular weight is 279 g/mol. The van der Waals surface area contributed by atoms with E-state index in [1.165, 1.54) is 10.9 Å². The first kappa shape index (κ1) is 13.7. The Kier molecular flexibility index (Phi) is 3.51. The molecule has 9 nitrogen and oxygen atoms in total. The molecular formula is C11H13N5O4. The molecule has 9 heteroatoms. The van der Waals surface area contributed by atoms with Gasteiger partial charge in [-0.2, -0.15) is 4.98 Å². The lowest BCUT2D eigenvalue weighted by Gasteiger charge is -2.06. The average Bonchev–Trinajstić information content (AvgIpc) is 2.72. The number of fused-ring (bicyclic) bond motifs is 1. The van der Waals surface area contributed by atoms with Crippen molar-refractivity contribution in [1.82, 2.24) is 19.5 Å². The topological polar surface area (TPSA) is 130 Å². The second kappa shape index (κ2) is 5.11. The van der Waals surface area contributed by atoms with Crippen LogP contribution in [-0.2, 0) is 16.1 Å². The van der Waals surface area contributed by atoms with E-state index in [9.17, 15) is 14.4 Å². The van der Waals surface area contributed by atoms with Crippen LogP contribution in [0, 0.1) is 5.92 Å². The van der Waals surface area contributed by atoms with Crippen molar-refractivity contribution in [1.29, 1.82) is 0 Å². The zero-order chi connectivity index (χ0) is 14.9. The molecule has 0 aliphatic heterocycles. The van der Waals surface area contributed by atoms with Gasteiger partial charge in [0, 0.05) is 5.92 Å². The number of rotatable bonds is 4. The number of H-pyrrole nitrogens is 1. The summed E-state index contributed by atoms with van der Waals surface area (Å²) in [6, 6.07) is 0. The van der Waals surface area contributed by atoms with Crippen LogP contribution in [0.25, 0.3) is 11.2 Å². The van der Waals surface area contributed by atoms with Crippen LogP contribution >= 0.6 is 0 Å². The van der Waals surface area contributed by atoms with Gasteiger partial charge in [0.2, 0.25) is 11.9 Å². The summed E-state index contributed by atoms with van der Waals surface area (Å²) >= 11 is 0. The summed E-state index contributed by atoms with van der Waals surface area (Å²) in [6.45, 7) is 3.02. The smallest absolute Gasteiger partial charge is 0.323 e. The number of amides is 1. The molecule has 2 heterocycles. The number of hydrogen-bond acceptors (Lipinski definition) is 5. The molecule has 0 fully saturated rings. The molecule has 0 spiro atoms. The van der Waals surface area contributed by atoms with Crippen LogP contribution in [0.1, 0.15) is 13.8 Å². The minimum absolute atomic E-state index is 0.0220. The number of carbonyl (C=O) groups excluding carboxylic acids is 1. The summed E-state index contributed by atoms with van der Waals surface area (Å²) in [7, 11) is 0. The van der Waals surface area contributed by atoms with Gasteiger partial charge in [-0.3, -0.25) is 24.7 Å². The number of carboxylic acids is 1. The normalized spacial score (nSPS) is 10.9. The molecule has 0 aliphatic carbocycles. The van der Waals surface area contributed by atoms with E-state index < -0.39 is 11.5 Å². The second-order valence-corrected chi connectivity index (χ2v) is 4.50. The molecule has 0 unspecified atom stereocenters. The number of aromatic nitrogens is 4. The third kappa shape index (κ3) is 2.66. The quantitative estimate of drug-likeness (QED) is 0.710. The largest absolute Gasteiger partial charge is 0.480 e. The van der Waals surface area contributed by atoms with Gasteiger partial charge in [-0.05, 0) is 0 Å². The lowest BCUT2D eigenvalue weighted by atomic mass is 10.2. The van der Waals surface area contributed by atoms with Crippen molar-refractivity contribution in [2.45, 2.75) is 20.4 Å². The van der Waals surface area contributed by atoms with Crippen molar-refractivity contribution in [2.75, 3.05) is 5.32 Å². The fourth-order valence-corrected chi connectivity index (χ4v) is 1.54. The van der Waals surface area contributed by atoms with Crippen molar-refractivity contribution in [2.24, 2.45) is 5.92 Å². The molecule has 0 radical (unpaired) electrons. The third-order valence-electron chi connectivity index (χ3n) is 2.55. The van der Waals surface area contributed by atoms with E-state index in [-0.39, 0.29) is 35.5 Å². The highest BCUT2D eigenvalue weighted by molar-refractivity contribution is 5.91. The SMILES string of the molecule is CC(C)C(=O)Nc1nc2c(ncn2CC(=O)O)c(=O)[nH]1. The van der Waals surface area contributed by atoms with E-state index in [1.54, 1.807) is 13.8 Å². The minimum Gasteiger partial charge on any atom is -0.480 e. The summed E-state index contributed by atoms with van der Waals surface area (Å²) in [5.41, 5.74) is -0.415. The zero-order valence-corrected chi connectivity index (χ0v) is 10.9. The van der Waals surface area contributed by atoms with Crippen molar-refractivity contribution in [3.05, 3.63) is 16.7 Å². The van der Waals surface area contributed by atoms with Crippen LogP contribution in [0.3, 0.4) is 0 Å². The van der Waals surface area contributed by atoms with Gasteiger partial charge in [0.15, 0.2) is 11.2 Å². The predicted octanol–water partition coefficient (Wildman–Crippen LogP) is -0.201. The zero-order valence-electron chi connectivity index (χ0n) is 10.9. The maximum Gasteiger partial charge on any atom is 0.323 e. The monoisotopic (exact) mass is 279 g/mol. The number of carbonyl (C=O) groups is 2. The first-order valence-corrected chi connectivity index (χ1v) is 5.86. The molecular weight excluding hydrogens is 266 g/mol. The van der Waals surface area contributed by atoms with Gasteiger partial charge in [0.05, 0.1) is 6.33 Å². The number of carboxylic acid groups (broad SMARTS) is 1. The Labute approximate surface area is 112 Å². The Morgan fingerprint density at radius 1 is 1.50 bits per heavy atom. The van der Waals surface area contributed by atoms with Gasteiger partial charge in [-0.15, -0.1) is 0 Å². The second-order valence-electron chi connectivity index (χ2n) is 4.50. The van der Waals surface area contributed by atoms with Gasteiger partial charge < -0.3 is 9.67 Å². The third-order valence-corrected chi connectivity index (χ3v) is 2.55. The van der Waals surface area contributed by atoms with Gasteiger partial charge in [-0.1, -0.05) is 13.8 Å². The number of nitrogens with zero attached hydrogens (tertiary/aromatic N) is 3. The number of hydrogen-bond donors (Lipinski definition) is 3. The van der Waals surface area contributed by atoms with E-state index in [0.29, 0.717) is 0 Å². The van der Waals surface area contributed by atoms with E-state index in [1.807, 2.05) is 0 Å². The molecule has 0 saturated heterocycles. The van der Waals surface area contributed by atoms with Crippen LogP contribution in [0.15, 0.2) is 11.1 Å². The number of nitrogens with one attached hydrogen (secondary N) is 2. The highest BCUT2D eigenvalue weighted by atomic mass is 16.4. The molecule has 106 valence electrons. The number of aliphatic carboxylic acids is 1. The molecule has 2 aromatic rings. The van der Waals surface area contributed by atoms with Crippen LogP contribution in [0.2, 0.25) is 0 Å².